The molecule has 0 aliphatic carbocycles. The standard InChI is InChI=1S/C14H21FN2O2/c1-4-12(14(18)17(3)10-9-16-2)19-13-8-6-5-7-11(13)15/h5-8,12,16H,4,9-10H2,1-3H3. The van der Waals surface area contributed by atoms with Crippen molar-refractivity contribution in [1.82, 2.24) is 10.2 Å². The maximum atomic E-state index is 13.5. The van der Waals surface area contributed by atoms with Crippen molar-refractivity contribution in [3.8, 4) is 5.75 Å². The van der Waals surface area contributed by atoms with Crippen LogP contribution in [0.1, 0.15) is 13.3 Å². The highest BCUT2D eigenvalue weighted by atomic mass is 19.1. The summed E-state index contributed by atoms with van der Waals surface area (Å²) in [7, 11) is 3.54. The molecular weight excluding hydrogens is 247 g/mol. The number of hydrogen-bond donors (Lipinski definition) is 1. The van der Waals surface area contributed by atoms with Gasteiger partial charge in [0.25, 0.3) is 5.91 Å². The zero-order valence-electron chi connectivity index (χ0n) is 11.6. The molecule has 1 aromatic carbocycles. The van der Waals surface area contributed by atoms with Crippen LogP contribution in [0.3, 0.4) is 0 Å². The highest BCUT2D eigenvalue weighted by Gasteiger charge is 2.22. The second-order valence-electron chi connectivity index (χ2n) is 4.31. The van der Waals surface area contributed by atoms with Crippen LogP contribution in [-0.2, 0) is 4.79 Å². The predicted molar refractivity (Wildman–Crippen MR) is 72.7 cm³/mol. The van der Waals surface area contributed by atoms with Gasteiger partial charge in [0.15, 0.2) is 17.7 Å². The van der Waals surface area contributed by atoms with Crippen LogP contribution >= 0.6 is 0 Å². The third-order valence-corrected chi connectivity index (χ3v) is 2.83. The molecule has 1 aromatic rings. The summed E-state index contributed by atoms with van der Waals surface area (Å²) in [6.07, 6.45) is -0.157. The van der Waals surface area contributed by atoms with Gasteiger partial charge in [0.05, 0.1) is 0 Å². The fourth-order valence-electron chi connectivity index (χ4n) is 1.64. The van der Waals surface area contributed by atoms with Crippen LogP contribution in [-0.4, -0.2) is 44.1 Å². The van der Waals surface area contributed by atoms with Crippen molar-refractivity contribution >= 4 is 5.91 Å². The number of amides is 1. The van der Waals surface area contributed by atoms with Gasteiger partial charge in [0.1, 0.15) is 0 Å². The molecule has 1 rings (SSSR count). The molecular formula is C14H21FN2O2. The van der Waals surface area contributed by atoms with Gasteiger partial charge in [-0.1, -0.05) is 19.1 Å². The van der Waals surface area contributed by atoms with Crippen molar-refractivity contribution in [3.63, 3.8) is 0 Å². The molecule has 1 atom stereocenters. The molecule has 0 saturated carbocycles. The monoisotopic (exact) mass is 268 g/mol. The summed E-state index contributed by atoms with van der Waals surface area (Å²) in [5, 5.41) is 2.97. The van der Waals surface area contributed by atoms with Gasteiger partial charge in [-0.2, -0.15) is 0 Å². The van der Waals surface area contributed by atoms with Gasteiger partial charge < -0.3 is 15.0 Å². The molecule has 1 amide bonds. The van der Waals surface area contributed by atoms with Gasteiger partial charge in [-0.05, 0) is 25.6 Å². The van der Waals surface area contributed by atoms with Gasteiger partial charge in [-0.3, -0.25) is 4.79 Å². The van der Waals surface area contributed by atoms with Crippen molar-refractivity contribution in [3.05, 3.63) is 30.1 Å². The van der Waals surface area contributed by atoms with E-state index in [4.69, 9.17) is 4.74 Å². The molecule has 0 bridgehead atoms. The van der Waals surface area contributed by atoms with E-state index < -0.39 is 11.9 Å². The topological polar surface area (TPSA) is 41.6 Å². The number of hydrogen-bond acceptors (Lipinski definition) is 3. The molecule has 0 radical (unpaired) electrons. The molecule has 0 spiro atoms. The lowest BCUT2D eigenvalue weighted by atomic mass is 10.2. The molecule has 0 saturated heterocycles. The molecule has 4 nitrogen and oxygen atoms in total. The Balaban J connectivity index is 2.67. The number of halogens is 1. The minimum absolute atomic E-state index is 0.115. The number of rotatable bonds is 7. The number of nitrogens with zero attached hydrogens (tertiary/aromatic N) is 1. The Labute approximate surface area is 113 Å². The van der Waals surface area contributed by atoms with Gasteiger partial charge in [0, 0.05) is 20.1 Å². The van der Waals surface area contributed by atoms with Crippen molar-refractivity contribution in [1.29, 1.82) is 0 Å². The molecule has 19 heavy (non-hydrogen) atoms. The maximum Gasteiger partial charge on any atom is 0.263 e. The normalized spacial score (nSPS) is 12.0. The number of benzene rings is 1. The third-order valence-electron chi connectivity index (χ3n) is 2.83. The highest BCUT2D eigenvalue weighted by molar-refractivity contribution is 5.81. The zero-order valence-corrected chi connectivity index (χ0v) is 11.6. The fourth-order valence-corrected chi connectivity index (χ4v) is 1.64. The zero-order chi connectivity index (χ0) is 14.3. The molecule has 1 N–H and O–H groups in total. The molecule has 0 heterocycles. The molecule has 0 aliphatic rings. The Bertz CT molecular complexity index is 412. The lowest BCUT2D eigenvalue weighted by Gasteiger charge is -2.23. The average molecular weight is 268 g/mol. The molecule has 5 heteroatoms. The molecule has 106 valence electrons. The first-order valence-corrected chi connectivity index (χ1v) is 6.40. The van der Waals surface area contributed by atoms with Crippen LogP contribution < -0.4 is 10.1 Å². The number of likely N-dealkylation sites (N-methyl/N-ethyl adjacent to an activating group) is 2. The van der Waals surface area contributed by atoms with E-state index in [0.29, 0.717) is 19.5 Å². The summed E-state index contributed by atoms with van der Waals surface area (Å²) in [4.78, 5) is 13.7. The van der Waals surface area contributed by atoms with Crippen LogP contribution in [0.15, 0.2) is 24.3 Å². The third kappa shape index (κ3) is 4.52. The van der Waals surface area contributed by atoms with Gasteiger partial charge in [-0.25, -0.2) is 4.39 Å². The quantitative estimate of drug-likeness (QED) is 0.817. The van der Waals surface area contributed by atoms with Gasteiger partial charge in [-0.15, -0.1) is 0 Å². The largest absolute Gasteiger partial charge is 0.478 e. The Hall–Kier alpha value is -1.62. The SMILES string of the molecule is CCC(Oc1ccccc1F)C(=O)N(C)CCNC. The summed E-state index contributed by atoms with van der Waals surface area (Å²) < 4.78 is 19.0. The minimum atomic E-state index is -0.654. The van der Waals surface area contributed by atoms with Crippen LogP contribution in [0.4, 0.5) is 4.39 Å². The van der Waals surface area contributed by atoms with Crippen molar-refractivity contribution < 1.29 is 13.9 Å². The predicted octanol–water partition coefficient (Wildman–Crippen LogP) is 1.66. The second-order valence-corrected chi connectivity index (χ2v) is 4.31. The average Bonchev–Trinajstić information content (AvgIpc) is 2.43. The van der Waals surface area contributed by atoms with Gasteiger partial charge in [0.2, 0.25) is 0 Å². The van der Waals surface area contributed by atoms with E-state index in [-0.39, 0.29) is 11.7 Å². The molecule has 0 aromatic heterocycles. The Morgan fingerprint density at radius 3 is 2.74 bits per heavy atom. The number of para-hydroxylation sites is 1. The number of carbonyl (C=O) groups is 1. The molecule has 1 unspecified atom stereocenters. The number of nitrogens with one attached hydrogen (secondary N) is 1. The van der Waals surface area contributed by atoms with Crippen molar-refractivity contribution in [2.24, 2.45) is 0 Å². The summed E-state index contributed by atoms with van der Waals surface area (Å²) >= 11 is 0. The van der Waals surface area contributed by atoms with E-state index in [1.54, 1.807) is 24.1 Å². The van der Waals surface area contributed by atoms with E-state index >= 15 is 0 Å². The highest BCUT2D eigenvalue weighted by Crippen LogP contribution is 2.18. The fraction of sp³-hybridized carbons (Fsp3) is 0.500. The van der Waals surface area contributed by atoms with E-state index in [1.807, 2.05) is 14.0 Å². The van der Waals surface area contributed by atoms with E-state index in [9.17, 15) is 9.18 Å². The Morgan fingerprint density at radius 1 is 1.47 bits per heavy atom. The van der Waals surface area contributed by atoms with E-state index in [0.717, 1.165) is 0 Å². The van der Waals surface area contributed by atoms with E-state index in [2.05, 4.69) is 5.32 Å². The van der Waals surface area contributed by atoms with Crippen molar-refractivity contribution in [2.45, 2.75) is 19.4 Å². The minimum Gasteiger partial charge on any atom is -0.478 e. The van der Waals surface area contributed by atoms with Crippen LogP contribution in [0.2, 0.25) is 0 Å². The summed E-state index contributed by atoms with van der Waals surface area (Å²) in [6.45, 7) is 3.14. The van der Waals surface area contributed by atoms with Gasteiger partial charge >= 0.3 is 0 Å². The van der Waals surface area contributed by atoms with Crippen molar-refractivity contribution in [2.75, 3.05) is 27.2 Å². The Kier molecular flexibility index (Phi) is 6.29. The summed E-state index contributed by atoms with van der Waals surface area (Å²) in [6, 6.07) is 6.11. The van der Waals surface area contributed by atoms with Crippen LogP contribution in [0.25, 0.3) is 0 Å². The summed E-state index contributed by atoms with van der Waals surface area (Å²) in [5.74, 6) is -0.475. The van der Waals surface area contributed by atoms with Crippen LogP contribution in [0.5, 0.6) is 5.75 Å². The lowest BCUT2D eigenvalue weighted by Crippen LogP contribution is -2.42. The summed E-state index contributed by atoms with van der Waals surface area (Å²) in [5.41, 5.74) is 0. The number of carbonyl (C=O) groups excluding carboxylic acids is 1. The molecule has 0 aliphatic heterocycles. The first-order chi connectivity index (χ1) is 9.10. The first-order valence-electron chi connectivity index (χ1n) is 6.40. The molecule has 0 fully saturated rings. The lowest BCUT2D eigenvalue weighted by molar-refractivity contribution is -0.137. The van der Waals surface area contributed by atoms with E-state index in [1.165, 1.54) is 12.1 Å². The smallest absolute Gasteiger partial charge is 0.263 e. The van der Waals surface area contributed by atoms with Crippen LogP contribution in [0, 0.1) is 5.82 Å². The number of ether oxygens (including phenoxy) is 1. The first kappa shape index (κ1) is 15.4. The maximum absolute atomic E-state index is 13.5. The second kappa shape index (κ2) is 7.74. The Morgan fingerprint density at radius 2 is 2.16 bits per heavy atom.